The van der Waals surface area contributed by atoms with Gasteiger partial charge in [-0.25, -0.2) is 0 Å². The highest BCUT2D eigenvalue weighted by Gasteiger charge is 2.01. The largest absolute Gasteiger partial charge is 0.381 e. The number of aliphatic hydroxyl groups is 1. The van der Waals surface area contributed by atoms with Crippen molar-refractivity contribution in [3.05, 3.63) is 0 Å². The lowest BCUT2D eigenvalue weighted by Crippen LogP contribution is -2.04. The summed E-state index contributed by atoms with van der Waals surface area (Å²) in [4.78, 5) is 10.8. The Labute approximate surface area is 61.2 Å². The lowest BCUT2D eigenvalue weighted by Gasteiger charge is -1.93. The zero-order chi connectivity index (χ0) is 8.15. The van der Waals surface area contributed by atoms with E-state index < -0.39 is 6.10 Å². The summed E-state index contributed by atoms with van der Waals surface area (Å²) in [6.07, 6.45) is -0.706. The van der Waals surface area contributed by atoms with Crippen LogP contribution in [0.4, 0.5) is 0 Å². The molecule has 0 spiro atoms. The van der Waals surface area contributed by atoms with Gasteiger partial charge < -0.3 is 5.11 Å². The maximum Gasteiger partial charge on any atom is 0.208 e. The predicted octanol–water partition coefficient (Wildman–Crippen LogP) is 0.596. The number of ketones is 1. The Hall–Kier alpha value is -0.810. The van der Waals surface area contributed by atoms with Gasteiger partial charge in [-0.1, -0.05) is 19.8 Å². The van der Waals surface area contributed by atoms with Gasteiger partial charge in [0, 0.05) is 5.92 Å². The van der Waals surface area contributed by atoms with E-state index in [0.29, 0.717) is 0 Å². The SMILES string of the molecule is CC(O)C#CC(=O)C(C)C. The van der Waals surface area contributed by atoms with Gasteiger partial charge in [0.25, 0.3) is 0 Å². The Kier molecular flexibility index (Phi) is 3.75. The molecule has 0 aliphatic carbocycles. The van der Waals surface area contributed by atoms with Gasteiger partial charge in [0.15, 0.2) is 0 Å². The number of carbonyl (C=O) groups is 1. The number of hydrogen-bond acceptors (Lipinski definition) is 2. The smallest absolute Gasteiger partial charge is 0.208 e. The molecule has 0 rings (SSSR count). The first kappa shape index (κ1) is 9.19. The first-order valence-electron chi connectivity index (χ1n) is 3.27. The number of rotatable bonds is 1. The second-order valence-electron chi connectivity index (χ2n) is 2.46. The van der Waals surface area contributed by atoms with Crippen LogP contribution in [0.15, 0.2) is 0 Å². The molecule has 0 amide bonds. The van der Waals surface area contributed by atoms with E-state index in [2.05, 4.69) is 11.8 Å². The molecule has 0 aliphatic heterocycles. The summed E-state index contributed by atoms with van der Waals surface area (Å²) < 4.78 is 0. The van der Waals surface area contributed by atoms with Gasteiger partial charge in [-0.3, -0.25) is 4.79 Å². The highest BCUT2D eigenvalue weighted by Crippen LogP contribution is 1.91. The maximum atomic E-state index is 10.8. The molecule has 0 aliphatic rings. The average Bonchev–Trinajstić information content (AvgIpc) is 1.82. The van der Waals surface area contributed by atoms with Crippen LogP contribution in [0.1, 0.15) is 20.8 Å². The van der Waals surface area contributed by atoms with Crippen molar-refractivity contribution in [2.75, 3.05) is 0 Å². The maximum absolute atomic E-state index is 10.8. The summed E-state index contributed by atoms with van der Waals surface area (Å²) in [7, 11) is 0. The fourth-order valence-electron chi connectivity index (χ4n) is 0.320. The summed E-state index contributed by atoms with van der Waals surface area (Å²) in [6.45, 7) is 5.08. The van der Waals surface area contributed by atoms with Crippen molar-refractivity contribution < 1.29 is 9.90 Å². The highest BCUT2D eigenvalue weighted by atomic mass is 16.3. The van der Waals surface area contributed by atoms with Gasteiger partial charge in [0.05, 0.1) is 0 Å². The lowest BCUT2D eigenvalue weighted by molar-refractivity contribution is -0.116. The molecule has 0 heterocycles. The second kappa shape index (κ2) is 4.08. The third kappa shape index (κ3) is 4.11. The van der Waals surface area contributed by atoms with Crippen molar-refractivity contribution in [2.45, 2.75) is 26.9 Å². The fraction of sp³-hybridized carbons (Fsp3) is 0.625. The van der Waals surface area contributed by atoms with E-state index in [1.165, 1.54) is 6.92 Å². The molecule has 2 heteroatoms. The van der Waals surface area contributed by atoms with Crippen LogP contribution in [0.5, 0.6) is 0 Å². The average molecular weight is 140 g/mol. The Bertz CT molecular complexity index is 169. The number of hydrogen-bond donors (Lipinski definition) is 1. The standard InChI is InChI=1S/C8H12O2/c1-6(2)8(10)5-4-7(3)9/h6-7,9H,1-3H3. The van der Waals surface area contributed by atoms with Crippen molar-refractivity contribution in [1.82, 2.24) is 0 Å². The van der Waals surface area contributed by atoms with Crippen molar-refractivity contribution in [1.29, 1.82) is 0 Å². The molecule has 0 saturated heterocycles. The van der Waals surface area contributed by atoms with Crippen LogP contribution < -0.4 is 0 Å². The van der Waals surface area contributed by atoms with Gasteiger partial charge in [-0.05, 0) is 12.8 Å². The third-order valence-corrected chi connectivity index (χ3v) is 0.929. The zero-order valence-electron chi connectivity index (χ0n) is 6.51. The minimum absolute atomic E-state index is 0.0637. The van der Waals surface area contributed by atoms with Gasteiger partial charge in [-0.2, -0.15) is 0 Å². The normalized spacial score (nSPS) is 12.1. The van der Waals surface area contributed by atoms with Crippen LogP contribution in [0, 0.1) is 17.8 Å². The molecule has 2 nitrogen and oxygen atoms in total. The van der Waals surface area contributed by atoms with E-state index in [4.69, 9.17) is 5.11 Å². The summed E-state index contributed by atoms with van der Waals surface area (Å²) >= 11 is 0. The van der Waals surface area contributed by atoms with E-state index in [9.17, 15) is 4.79 Å². The quantitative estimate of drug-likeness (QED) is 0.427. The molecule has 0 saturated carbocycles. The Morgan fingerprint density at radius 3 is 2.20 bits per heavy atom. The van der Waals surface area contributed by atoms with Crippen LogP contribution in [0.3, 0.4) is 0 Å². The van der Waals surface area contributed by atoms with Crippen LogP contribution in [-0.2, 0) is 4.79 Å². The van der Waals surface area contributed by atoms with Crippen molar-refractivity contribution >= 4 is 5.78 Å². The first-order valence-corrected chi connectivity index (χ1v) is 3.27. The molecule has 0 bridgehead atoms. The molecule has 0 aromatic rings. The molecular weight excluding hydrogens is 128 g/mol. The van der Waals surface area contributed by atoms with Crippen LogP contribution in [0.25, 0.3) is 0 Å². The van der Waals surface area contributed by atoms with Crippen LogP contribution in [-0.4, -0.2) is 17.0 Å². The van der Waals surface area contributed by atoms with E-state index in [1.807, 2.05) is 0 Å². The molecule has 0 radical (unpaired) electrons. The number of Topliss-reactive ketones (excluding diaryl/α,β-unsaturated/α-hetero) is 1. The van der Waals surface area contributed by atoms with Crippen LogP contribution in [0.2, 0.25) is 0 Å². The predicted molar refractivity (Wildman–Crippen MR) is 39.3 cm³/mol. The van der Waals surface area contributed by atoms with Crippen molar-refractivity contribution in [2.24, 2.45) is 5.92 Å². The number of aliphatic hydroxyl groups excluding tert-OH is 1. The number of carbonyl (C=O) groups excluding carboxylic acids is 1. The molecule has 0 fully saturated rings. The van der Waals surface area contributed by atoms with Gasteiger partial charge in [0.1, 0.15) is 6.10 Å². The highest BCUT2D eigenvalue weighted by molar-refractivity contribution is 5.96. The molecule has 1 N–H and O–H groups in total. The third-order valence-electron chi connectivity index (χ3n) is 0.929. The van der Waals surface area contributed by atoms with E-state index in [0.717, 1.165) is 0 Å². The summed E-state index contributed by atoms with van der Waals surface area (Å²) in [5.74, 6) is 4.54. The first-order chi connectivity index (χ1) is 4.54. The minimum atomic E-state index is -0.706. The summed E-state index contributed by atoms with van der Waals surface area (Å²) in [6, 6.07) is 0. The van der Waals surface area contributed by atoms with Gasteiger partial charge in [-0.15, -0.1) is 0 Å². The minimum Gasteiger partial charge on any atom is -0.381 e. The van der Waals surface area contributed by atoms with Gasteiger partial charge >= 0.3 is 0 Å². The molecule has 56 valence electrons. The monoisotopic (exact) mass is 140 g/mol. The molecule has 0 aromatic heterocycles. The van der Waals surface area contributed by atoms with E-state index >= 15 is 0 Å². The van der Waals surface area contributed by atoms with Gasteiger partial charge in [0.2, 0.25) is 5.78 Å². The molecule has 1 unspecified atom stereocenters. The Morgan fingerprint density at radius 2 is 1.90 bits per heavy atom. The molecule has 10 heavy (non-hydrogen) atoms. The molecule has 0 aromatic carbocycles. The van der Waals surface area contributed by atoms with Crippen LogP contribution >= 0.6 is 0 Å². The van der Waals surface area contributed by atoms with Crippen molar-refractivity contribution in [3.8, 4) is 11.8 Å². The molecule has 1 atom stereocenters. The van der Waals surface area contributed by atoms with Crippen molar-refractivity contribution in [3.63, 3.8) is 0 Å². The summed E-state index contributed by atoms with van der Waals surface area (Å²) in [5, 5.41) is 8.66. The van der Waals surface area contributed by atoms with E-state index in [-0.39, 0.29) is 11.7 Å². The van der Waals surface area contributed by atoms with E-state index in [1.54, 1.807) is 13.8 Å². The molecular formula is C8H12O2. The zero-order valence-corrected chi connectivity index (χ0v) is 6.51. The lowest BCUT2D eigenvalue weighted by atomic mass is 10.1. The Balaban J connectivity index is 3.93. The summed E-state index contributed by atoms with van der Waals surface area (Å²) in [5.41, 5.74) is 0. The second-order valence-corrected chi connectivity index (χ2v) is 2.46. The fourth-order valence-corrected chi connectivity index (χ4v) is 0.320. The Morgan fingerprint density at radius 1 is 1.40 bits per heavy atom. The topological polar surface area (TPSA) is 37.3 Å².